The van der Waals surface area contributed by atoms with Crippen molar-refractivity contribution in [3.05, 3.63) is 23.9 Å². The molecule has 1 heterocycles. The second kappa shape index (κ2) is 7.45. The Balaban J connectivity index is 1.91. The molecule has 2 N–H and O–H groups in total. The van der Waals surface area contributed by atoms with E-state index in [1.165, 1.54) is 24.0 Å². The van der Waals surface area contributed by atoms with Crippen molar-refractivity contribution in [3.63, 3.8) is 0 Å². The molecule has 3 heteroatoms. The Morgan fingerprint density at radius 1 is 1.45 bits per heavy atom. The van der Waals surface area contributed by atoms with Crippen molar-refractivity contribution in [2.24, 2.45) is 16.8 Å². The molecule has 0 aromatic carbocycles. The van der Waals surface area contributed by atoms with Crippen molar-refractivity contribution in [3.8, 4) is 0 Å². The maximum absolute atomic E-state index is 4.89. The second-order valence-electron chi connectivity index (χ2n) is 7.47. The first-order valence-corrected chi connectivity index (χ1v) is 8.80. The van der Waals surface area contributed by atoms with Crippen LogP contribution in [0.15, 0.2) is 28.9 Å². The summed E-state index contributed by atoms with van der Waals surface area (Å²) in [4.78, 5) is 4.89. The monoisotopic (exact) mass is 303 g/mol. The number of nitrogens with zero attached hydrogens (tertiary/aromatic N) is 1. The smallest absolute Gasteiger partial charge is 0.0974 e. The first-order chi connectivity index (χ1) is 10.4. The summed E-state index contributed by atoms with van der Waals surface area (Å²) in [7, 11) is 0. The van der Waals surface area contributed by atoms with Crippen LogP contribution < -0.4 is 10.6 Å². The Morgan fingerprint density at radius 2 is 2.18 bits per heavy atom. The molecule has 22 heavy (non-hydrogen) atoms. The van der Waals surface area contributed by atoms with Gasteiger partial charge >= 0.3 is 0 Å². The largest absolute Gasteiger partial charge is 0.351 e. The van der Waals surface area contributed by atoms with Crippen LogP contribution in [-0.2, 0) is 0 Å². The topological polar surface area (TPSA) is 46.3 Å². The molecule has 0 aromatic heterocycles. The number of rotatable bonds is 7. The van der Waals surface area contributed by atoms with Gasteiger partial charge < -0.3 is 10.6 Å². The highest BCUT2D eigenvalue weighted by molar-refractivity contribution is 5.80. The molecule has 0 radical (unpaired) electrons. The summed E-state index contributed by atoms with van der Waals surface area (Å²) >= 11 is 0. The molecule has 1 saturated carbocycles. The van der Waals surface area contributed by atoms with Gasteiger partial charge in [0.05, 0.1) is 11.9 Å². The van der Waals surface area contributed by atoms with Crippen LogP contribution in [0.4, 0.5) is 0 Å². The Hall–Kier alpha value is -1.09. The van der Waals surface area contributed by atoms with Crippen molar-refractivity contribution in [2.75, 3.05) is 0 Å². The third-order valence-electron chi connectivity index (χ3n) is 5.08. The summed E-state index contributed by atoms with van der Waals surface area (Å²) in [6.07, 6.45) is 6.70. The molecule has 124 valence electrons. The maximum Gasteiger partial charge on any atom is 0.0974 e. The lowest BCUT2D eigenvalue weighted by molar-refractivity contribution is 0.478. The molecule has 1 aliphatic heterocycles. The van der Waals surface area contributed by atoms with Crippen molar-refractivity contribution >= 4 is 5.84 Å². The van der Waals surface area contributed by atoms with Gasteiger partial charge in [-0.05, 0) is 50.5 Å². The summed E-state index contributed by atoms with van der Waals surface area (Å²) in [5.41, 5.74) is 2.65. The van der Waals surface area contributed by atoms with Crippen molar-refractivity contribution in [1.82, 2.24) is 10.6 Å². The number of aliphatic imine (C=N–C) groups is 1. The minimum atomic E-state index is 0.483. The zero-order valence-electron chi connectivity index (χ0n) is 14.9. The van der Waals surface area contributed by atoms with E-state index in [2.05, 4.69) is 58.0 Å². The number of piperidine rings is 1. The fourth-order valence-electron chi connectivity index (χ4n) is 3.46. The van der Waals surface area contributed by atoms with Gasteiger partial charge in [-0.2, -0.15) is 0 Å². The number of amidine groups is 1. The first-order valence-electron chi connectivity index (χ1n) is 8.80. The zero-order chi connectivity index (χ0) is 16.3. The molecule has 2 fully saturated rings. The van der Waals surface area contributed by atoms with Crippen LogP contribution in [-0.4, -0.2) is 24.0 Å². The zero-order valence-corrected chi connectivity index (χ0v) is 14.9. The Bertz CT molecular complexity index is 463. The molecule has 0 spiro atoms. The predicted molar refractivity (Wildman–Crippen MR) is 96.1 cm³/mol. The van der Waals surface area contributed by atoms with Crippen LogP contribution in [0.1, 0.15) is 60.3 Å². The predicted octanol–water partition coefficient (Wildman–Crippen LogP) is 4.03. The maximum atomic E-state index is 4.89. The van der Waals surface area contributed by atoms with E-state index in [4.69, 9.17) is 4.99 Å². The van der Waals surface area contributed by atoms with E-state index < -0.39 is 0 Å². The van der Waals surface area contributed by atoms with Gasteiger partial charge in [-0.1, -0.05) is 39.3 Å². The lowest BCUT2D eigenvalue weighted by atomic mass is 9.95. The Kier molecular flexibility index (Phi) is 5.85. The van der Waals surface area contributed by atoms with Gasteiger partial charge in [0.1, 0.15) is 0 Å². The van der Waals surface area contributed by atoms with E-state index in [1.807, 2.05) is 0 Å². The molecular weight excluding hydrogens is 270 g/mol. The molecule has 0 aromatic rings. The van der Waals surface area contributed by atoms with Crippen LogP contribution in [0.5, 0.6) is 0 Å². The third kappa shape index (κ3) is 4.70. The van der Waals surface area contributed by atoms with Gasteiger partial charge in [0.15, 0.2) is 0 Å². The normalized spacial score (nSPS) is 32.6. The van der Waals surface area contributed by atoms with Crippen molar-refractivity contribution < 1.29 is 0 Å². The highest BCUT2D eigenvalue weighted by Gasteiger charge is 2.51. The van der Waals surface area contributed by atoms with Gasteiger partial charge in [-0.3, -0.25) is 4.99 Å². The van der Waals surface area contributed by atoms with E-state index in [1.54, 1.807) is 0 Å². The number of nitrogens with one attached hydrogen (secondary N) is 2. The molecule has 0 amide bonds. The fraction of sp³-hybridized carbons (Fsp3) is 0.737. The van der Waals surface area contributed by atoms with Gasteiger partial charge in [-0.25, -0.2) is 0 Å². The van der Waals surface area contributed by atoms with E-state index >= 15 is 0 Å². The van der Waals surface area contributed by atoms with Crippen LogP contribution in [0.25, 0.3) is 0 Å². The lowest BCUT2D eigenvalue weighted by Crippen LogP contribution is -2.24. The molecular formula is C19H33N3. The van der Waals surface area contributed by atoms with Crippen molar-refractivity contribution in [2.45, 2.75) is 78.4 Å². The van der Waals surface area contributed by atoms with Crippen LogP contribution in [0.2, 0.25) is 0 Å². The summed E-state index contributed by atoms with van der Waals surface area (Å²) < 4.78 is 0. The molecule has 1 aliphatic carbocycles. The Morgan fingerprint density at radius 3 is 2.73 bits per heavy atom. The summed E-state index contributed by atoms with van der Waals surface area (Å²) in [5, 5.41) is 6.93. The number of hydrogen-bond acceptors (Lipinski definition) is 2. The molecule has 3 nitrogen and oxygen atoms in total. The lowest BCUT2D eigenvalue weighted by Gasteiger charge is -2.16. The quantitative estimate of drug-likeness (QED) is 0.323. The van der Waals surface area contributed by atoms with Gasteiger partial charge in [0.2, 0.25) is 0 Å². The number of fused-ring (bicyclic) bond motifs is 1. The molecule has 5 atom stereocenters. The number of hydrogen-bond donors (Lipinski definition) is 2. The second-order valence-corrected chi connectivity index (χ2v) is 7.47. The average Bonchev–Trinajstić information content (AvgIpc) is 3.15. The van der Waals surface area contributed by atoms with Gasteiger partial charge in [0, 0.05) is 18.3 Å². The molecule has 0 bridgehead atoms. The minimum Gasteiger partial charge on any atom is -0.351 e. The minimum absolute atomic E-state index is 0.483. The van der Waals surface area contributed by atoms with Crippen LogP contribution in [0, 0.1) is 11.8 Å². The molecule has 2 rings (SSSR count). The highest BCUT2D eigenvalue weighted by atomic mass is 15.2. The van der Waals surface area contributed by atoms with Crippen LogP contribution >= 0.6 is 0 Å². The Labute approximate surface area is 136 Å². The highest BCUT2D eigenvalue weighted by Crippen LogP contribution is 2.37. The van der Waals surface area contributed by atoms with Crippen molar-refractivity contribution in [1.29, 1.82) is 0 Å². The summed E-state index contributed by atoms with van der Waals surface area (Å²) in [5.74, 6) is 2.43. The van der Waals surface area contributed by atoms with Gasteiger partial charge in [0.25, 0.3) is 0 Å². The molecule has 1 saturated heterocycles. The fourth-order valence-corrected chi connectivity index (χ4v) is 3.46. The first kappa shape index (κ1) is 17.3. The molecule has 5 unspecified atom stereocenters. The summed E-state index contributed by atoms with van der Waals surface area (Å²) in [6, 6.07) is 1.94. The number of allylic oxidation sites excluding steroid dienone is 2. The van der Waals surface area contributed by atoms with E-state index in [-0.39, 0.29) is 0 Å². The van der Waals surface area contributed by atoms with E-state index in [0.29, 0.717) is 12.0 Å². The standard InChI is InChI=1S/C19H33N3/c1-7-13(4)9-16(8-12(2)3)11-20-15(6)21-17-10-18-19(22-18)14(17)5/h11,13-14,17-19,22H,2,7-10H2,1,3-6H3,(H,20,21)/b16-11-. The van der Waals surface area contributed by atoms with Crippen LogP contribution in [0.3, 0.4) is 0 Å². The summed E-state index contributed by atoms with van der Waals surface area (Å²) in [6.45, 7) is 15.1. The SMILES string of the molecule is C=C(C)C/C(=C/NC(C)=NC1CC2NC2C1C)CC(C)CC. The third-order valence-corrected chi connectivity index (χ3v) is 5.08. The average molecular weight is 303 g/mol. The molecule has 2 aliphatic rings. The van der Waals surface area contributed by atoms with E-state index in [9.17, 15) is 0 Å². The van der Waals surface area contributed by atoms with E-state index in [0.717, 1.165) is 36.7 Å². The van der Waals surface area contributed by atoms with Gasteiger partial charge in [-0.15, -0.1) is 0 Å².